The van der Waals surface area contributed by atoms with E-state index in [0.29, 0.717) is 17.0 Å². The Hall–Kier alpha value is -3.56. The van der Waals surface area contributed by atoms with Crippen LogP contribution in [0.2, 0.25) is 0 Å². The van der Waals surface area contributed by atoms with Gasteiger partial charge in [0.1, 0.15) is 0 Å². The molecule has 0 amide bonds. The summed E-state index contributed by atoms with van der Waals surface area (Å²) in [7, 11) is 0. The van der Waals surface area contributed by atoms with Crippen molar-refractivity contribution in [2.24, 2.45) is 26.3 Å². The minimum atomic E-state index is -0.516. The highest BCUT2D eigenvalue weighted by Crippen LogP contribution is 2.26. The quantitative estimate of drug-likeness (QED) is 0.478. The van der Waals surface area contributed by atoms with Crippen LogP contribution in [0.5, 0.6) is 0 Å². The maximum absolute atomic E-state index is 10.9. The molecule has 0 spiro atoms. The van der Waals surface area contributed by atoms with E-state index in [0.717, 1.165) is 0 Å². The van der Waals surface area contributed by atoms with Crippen molar-refractivity contribution in [2.45, 2.75) is 6.92 Å². The van der Waals surface area contributed by atoms with Gasteiger partial charge in [0.05, 0.1) is 27.2 Å². The molecule has 1 heterocycles. The number of allylic oxidation sites excluding steroid dienone is 2. The number of nitro groups is 2. The second kappa shape index (κ2) is 5.91. The van der Waals surface area contributed by atoms with Crippen molar-refractivity contribution in [3.8, 4) is 0 Å². The van der Waals surface area contributed by atoms with Crippen molar-refractivity contribution in [3.05, 3.63) is 67.9 Å². The average Bonchev–Trinajstić information content (AvgIpc) is 2.95. The van der Waals surface area contributed by atoms with Crippen LogP contribution in [0.4, 0.5) is 11.4 Å². The van der Waals surface area contributed by atoms with Gasteiger partial charge in [0, 0.05) is 24.3 Å². The van der Waals surface area contributed by atoms with Gasteiger partial charge >= 0.3 is 0 Å². The van der Waals surface area contributed by atoms with E-state index in [4.69, 9.17) is 0 Å². The Balaban J connectivity index is 1.82. The number of hydrogen-bond donors (Lipinski definition) is 0. The van der Waals surface area contributed by atoms with Gasteiger partial charge in [-0.05, 0) is 24.6 Å². The van der Waals surface area contributed by atoms with E-state index < -0.39 is 15.8 Å². The summed E-state index contributed by atoms with van der Waals surface area (Å²) in [6.07, 6.45) is 4.28. The lowest BCUT2D eigenvalue weighted by Gasteiger charge is -2.08. The third-order valence-electron chi connectivity index (χ3n) is 3.49. The molecule has 10 nitrogen and oxygen atoms in total. The minimum absolute atomic E-state index is 0.0359. The number of aryl methyl sites for hydroxylation is 1. The third-order valence-corrected chi connectivity index (χ3v) is 3.49. The molecule has 1 aromatic carbocycles. The average molecular weight is 326 g/mol. The molecule has 24 heavy (non-hydrogen) atoms. The van der Waals surface area contributed by atoms with Crippen LogP contribution in [0, 0.1) is 33.1 Å². The lowest BCUT2D eigenvalue weighted by molar-refractivity contribution is -0.419. The lowest BCUT2D eigenvalue weighted by atomic mass is 9.97. The standard InChI is InChI=1S/C14H10N6O4/c1-8-6-9(19(21)22)2-4-12(8)15-17-14-11-7-10(20(23)24)3-5-13(11)16-18-14/h2-7,11H,1H3. The number of fused-ring (bicyclic) bond motifs is 1. The summed E-state index contributed by atoms with van der Waals surface area (Å²) in [6.45, 7) is 1.67. The van der Waals surface area contributed by atoms with Crippen LogP contribution >= 0.6 is 0 Å². The van der Waals surface area contributed by atoms with Crippen LogP contribution < -0.4 is 0 Å². The Kier molecular flexibility index (Phi) is 3.78. The predicted molar refractivity (Wildman–Crippen MR) is 84.9 cm³/mol. The zero-order valence-corrected chi connectivity index (χ0v) is 12.4. The number of rotatable bonds is 3. The molecule has 0 aromatic heterocycles. The van der Waals surface area contributed by atoms with Gasteiger partial charge in [-0.2, -0.15) is 5.10 Å². The second-order valence-electron chi connectivity index (χ2n) is 5.07. The monoisotopic (exact) mass is 326 g/mol. The molecule has 0 fully saturated rings. The van der Waals surface area contributed by atoms with Gasteiger partial charge < -0.3 is 0 Å². The SMILES string of the molecule is Cc1cc([N+](=O)[O-])ccc1N=NC1=NN=C2C=CC([N+](=O)[O-])=CC21. The number of benzene rings is 1. The molecule has 0 saturated heterocycles. The van der Waals surface area contributed by atoms with Crippen molar-refractivity contribution in [3.63, 3.8) is 0 Å². The maximum atomic E-state index is 10.9. The molecule has 0 radical (unpaired) electrons. The minimum Gasteiger partial charge on any atom is -0.258 e. The molecular weight excluding hydrogens is 316 g/mol. The van der Waals surface area contributed by atoms with E-state index in [9.17, 15) is 20.2 Å². The number of non-ortho nitro benzene ring substituents is 1. The molecule has 0 bridgehead atoms. The molecule has 120 valence electrons. The molecule has 0 saturated carbocycles. The highest BCUT2D eigenvalue weighted by molar-refractivity contribution is 6.16. The van der Waals surface area contributed by atoms with E-state index in [1.165, 1.54) is 36.4 Å². The fourth-order valence-electron chi connectivity index (χ4n) is 2.23. The zero-order chi connectivity index (χ0) is 17.3. The number of nitrogens with zero attached hydrogens (tertiary/aromatic N) is 6. The molecule has 10 heteroatoms. The molecule has 1 unspecified atom stereocenters. The van der Waals surface area contributed by atoms with E-state index >= 15 is 0 Å². The van der Waals surface area contributed by atoms with Crippen LogP contribution in [-0.2, 0) is 0 Å². The molecule has 1 aromatic rings. The van der Waals surface area contributed by atoms with Crippen molar-refractivity contribution in [2.75, 3.05) is 0 Å². The summed E-state index contributed by atoms with van der Waals surface area (Å²) in [5.41, 5.74) is 1.48. The molecule has 2 aliphatic rings. The normalized spacial score (nSPS) is 18.9. The summed E-state index contributed by atoms with van der Waals surface area (Å²) < 4.78 is 0. The first kappa shape index (κ1) is 15.3. The van der Waals surface area contributed by atoms with Crippen LogP contribution in [0.1, 0.15) is 5.56 Å². The molecular formula is C14H10N6O4. The summed E-state index contributed by atoms with van der Waals surface area (Å²) in [5.74, 6) is -0.288. The van der Waals surface area contributed by atoms with E-state index in [-0.39, 0.29) is 17.2 Å². The molecule has 1 aliphatic heterocycles. The van der Waals surface area contributed by atoms with Crippen LogP contribution in [-0.4, -0.2) is 21.4 Å². The first-order valence-electron chi connectivity index (χ1n) is 6.82. The fourth-order valence-corrected chi connectivity index (χ4v) is 2.23. The number of nitro benzene ring substituents is 1. The largest absolute Gasteiger partial charge is 0.269 e. The number of azo groups is 1. The van der Waals surface area contributed by atoms with Crippen LogP contribution in [0.3, 0.4) is 0 Å². The smallest absolute Gasteiger partial charge is 0.258 e. The van der Waals surface area contributed by atoms with Gasteiger partial charge in [-0.15, -0.1) is 15.3 Å². The highest BCUT2D eigenvalue weighted by Gasteiger charge is 2.30. The van der Waals surface area contributed by atoms with Gasteiger partial charge in [0.25, 0.3) is 11.4 Å². The summed E-state index contributed by atoms with van der Waals surface area (Å²) in [6, 6.07) is 4.20. The van der Waals surface area contributed by atoms with Gasteiger partial charge in [0.2, 0.25) is 0 Å². The van der Waals surface area contributed by atoms with E-state index in [2.05, 4.69) is 20.4 Å². The zero-order valence-electron chi connectivity index (χ0n) is 12.4. The number of hydrogen-bond acceptors (Lipinski definition) is 8. The molecule has 0 N–H and O–H groups in total. The Morgan fingerprint density at radius 3 is 2.54 bits per heavy atom. The third kappa shape index (κ3) is 2.84. The summed E-state index contributed by atoms with van der Waals surface area (Å²) in [4.78, 5) is 20.6. The van der Waals surface area contributed by atoms with Gasteiger partial charge in [-0.1, -0.05) is 0 Å². The Morgan fingerprint density at radius 2 is 1.88 bits per heavy atom. The molecule has 3 rings (SSSR count). The van der Waals surface area contributed by atoms with Gasteiger partial charge in [-0.3, -0.25) is 20.2 Å². The van der Waals surface area contributed by atoms with E-state index in [1.807, 2.05) is 0 Å². The first-order chi connectivity index (χ1) is 11.5. The van der Waals surface area contributed by atoms with E-state index in [1.54, 1.807) is 6.92 Å². The van der Waals surface area contributed by atoms with Crippen molar-refractivity contribution in [1.29, 1.82) is 0 Å². The Labute approximate surface area is 134 Å². The Bertz CT molecular complexity index is 897. The highest BCUT2D eigenvalue weighted by atomic mass is 16.6. The topological polar surface area (TPSA) is 136 Å². The summed E-state index contributed by atoms with van der Waals surface area (Å²) in [5, 5.41) is 37.4. The molecule has 1 aliphatic carbocycles. The maximum Gasteiger partial charge on any atom is 0.269 e. The van der Waals surface area contributed by atoms with Crippen molar-refractivity contribution < 1.29 is 9.85 Å². The lowest BCUT2D eigenvalue weighted by Crippen LogP contribution is -2.19. The molecule has 1 atom stereocenters. The fraction of sp³-hybridized carbons (Fsp3) is 0.143. The van der Waals surface area contributed by atoms with Crippen LogP contribution in [0.25, 0.3) is 0 Å². The predicted octanol–water partition coefficient (Wildman–Crippen LogP) is 3.10. The number of amidine groups is 1. The summed E-state index contributed by atoms with van der Waals surface area (Å²) >= 11 is 0. The van der Waals surface area contributed by atoms with Gasteiger partial charge in [-0.25, -0.2) is 0 Å². The first-order valence-corrected chi connectivity index (χ1v) is 6.82. The van der Waals surface area contributed by atoms with Crippen molar-refractivity contribution >= 4 is 22.9 Å². The van der Waals surface area contributed by atoms with Gasteiger partial charge in [0.15, 0.2) is 5.84 Å². The Morgan fingerprint density at radius 1 is 1.08 bits per heavy atom. The second-order valence-corrected chi connectivity index (χ2v) is 5.07. The van der Waals surface area contributed by atoms with Crippen molar-refractivity contribution in [1.82, 2.24) is 0 Å². The van der Waals surface area contributed by atoms with Crippen LogP contribution in [0.15, 0.2) is 62.6 Å².